The van der Waals surface area contributed by atoms with Crippen molar-refractivity contribution in [1.82, 2.24) is 15.5 Å². The molecule has 0 saturated heterocycles. The van der Waals surface area contributed by atoms with Gasteiger partial charge >= 0.3 is 6.09 Å². The summed E-state index contributed by atoms with van der Waals surface area (Å²) < 4.78 is 5.40. The molecular formula is C27H43N3O4. The van der Waals surface area contributed by atoms with Gasteiger partial charge in [-0.1, -0.05) is 44.2 Å². The number of nitrogens with one attached hydrogen (secondary N) is 2. The van der Waals surface area contributed by atoms with Gasteiger partial charge in [-0.05, 0) is 71.9 Å². The van der Waals surface area contributed by atoms with E-state index in [1.165, 1.54) is 4.90 Å². The highest BCUT2D eigenvalue weighted by Gasteiger charge is 2.37. The lowest BCUT2D eigenvalue weighted by Gasteiger charge is -2.36. The fourth-order valence-electron chi connectivity index (χ4n) is 3.59. The number of rotatable bonds is 9. The highest BCUT2D eigenvalue weighted by molar-refractivity contribution is 5.92. The fraction of sp³-hybridized carbons (Fsp3) is 0.593. The Morgan fingerprint density at radius 2 is 1.68 bits per heavy atom. The minimum Gasteiger partial charge on any atom is -0.444 e. The number of aryl methyl sites for hydroxylation is 1. The molecule has 0 fully saturated rings. The van der Waals surface area contributed by atoms with E-state index in [1.54, 1.807) is 26.8 Å². The lowest BCUT2D eigenvalue weighted by molar-refractivity contribution is -0.142. The summed E-state index contributed by atoms with van der Waals surface area (Å²) in [4.78, 5) is 41.5. The lowest BCUT2D eigenvalue weighted by Crippen LogP contribution is -2.55. The summed E-state index contributed by atoms with van der Waals surface area (Å²) in [6, 6.07) is 5.76. The van der Waals surface area contributed by atoms with Crippen molar-refractivity contribution in [2.24, 2.45) is 5.92 Å². The molecule has 0 heterocycles. The van der Waals surface area contributed by atoms with Gasteiger partial charge in [0.1, 0.15) is 17.7 Å². The summed E-state index contributed by atoms with van der Waals surface area (Å²) in [5.74, 6) is -0.538. The summed E-state index contributed by atoms with van der Waals surface area (Å²) in [6.45, 7) is 20.8. The van der Waals surface area contributed by atoms with Crippen LogP contribution in [0.3, 0.4) is 0 Å². The molecule has 3 amide bonds. The maximum absolute atomic E-state index is 13.9. The third-order valence-electron chi connectivity index (χ3n) is 4.85. The van der Waals surface area contributed by atoms with Crippen LogP contribution in [0.2, 0.25) is 0 Å². The summed E-state index contributed by atoms with van der Waals surface area (Å²) >= 11 is 0. The van der Waals surface area contributed by atoms with Crippen molar-refractivity contribution < 1.29 is 19.1 Å². The molecule has 0 aliphatic carbocycles. The zero-order valence-electron chi connectivity index (χ0n) is 22.3. The van der Waals surface area contributed by atoms with E-state index >= 15 is 0 Å². The van der Waals surface area contributed by atoms with Crippen LogP contribution in [0.4, 0.5) is 4.79 Å². The third-order valence-corrected chi connectivity index (χ3v) is 4.85. The first kappa shape index (κ1) is 29.2. The fourth-order valence-corrected chi connectivity index (χ4v) is 3.59. The Hall–Kier alpha value is -2.83. The van der Waals surface area contributed by atoms with Crippen molar-refractivity contribution >= 4 is 17.9 Å². The number of benzene rings is 1. The minimum absolute atomic E-state index is 0.120. The number of ether oxygens (including phenoxy) is 1. The summed E-state index contributed by atoms with van der Waals surface area (Å²) in [5.41, 5.74) is 0.415. The van der Waals surface area contributed by atoms with E-state index in [-0.39, 0.29) is 24.3 Å². The maximum Gasteiger partial charge on any atom is 0.408 e. The largest absolute Gasteiger partial charge is 0.444 e. The van der Waals surface area contributed by atoms with Crippen LogP contribution in [0.25, 0.3) is 0 Å². The molecule has 0 aliphatic rings. The van der Waals surface area contributed by atoms with Crippen LogP contribution in [0.1, 0.15) is 79.0 Å². The van der Waals surface area contributed by atoms with E-state index in [0.29, 0.717) is 6.42 Å². The molecule has 0 aliphatic heterocycles. The SMILES string of the molecule is C=CCN(C(=O)C(CC(C)C)NC(=O)OC(C)(C)C)C(C(=O)NC(C)(C)C)c1ccccc1C. The number of hydrogen-bond acceptors (Lipinski definition) is 4. The average molecular weight is 474 g/mol. The van der Waals surface area contributed by atoms with Crippen LogP contribution in [0.15, 0.2) is 36.9 Å². The smallest absolute Gasteiger partial charge is 0.408 e. The van der Waals surface area contributed by atoms with Gasteiger partial charge in [0.15, 0.2) is 0 Å². The number of nitrogens with zero attached hydrogens (tertiary/aromatic N) is 1. The summed E-state index contributed by atoms with van der Waals surface area (Å²) in [7, 11) is 0. The predicted octanol–water partition coefficient (Wildman–Crippen LogP) is 4.90. The number of carbonyl (C=O) groups excluding carboxylic acids is 3. The van der Waals surface area contributed by atoms with Crippen LogP contribution in [-0.2, 0) is 14.3 Å². The Kier molecular flexibility index (Phi) is 10.3. The first-order valence-corrected chi connectivity index (χ1v) is 11.8. The molecule has 2 atom stereocenters. The van der Waals surface area contributed by atoms with Crippen molar-refractivity contribution in [3.8, 4) is 0 Å². The van der Waals surface area contributed by atoms with E-state index < -0.39 is 29.3 Å². The Labute approximate surface area is 205 Å². The zero-order valence-corrected chi connectivity index (χ0v) is 22.3. The van der Waals surface area contributed by atoms with Gasteiger partial charge in [0.2, 0.25) is 11.8 Å². The van der Waals surface area contributed by atoms with Gasteiger partial charge in [-0.3, -0.25) is 9.59 Å². The molecule has 190 valence electrons. The highest BCUT2D eigenvalue weighted by atomic mass is 16.6. The molecule has 0 radical (unpaired) electrons. The molecule has 1 aromatic carbocycles. The molecule has 0 bridgehead atoms. The molecule has 7 heteroatoms. The summed E-state index contributed by atoms with van der Waals surface area (Å²) in [5, 5.41) is 5.74. The van der Waals surface area contributed by atoms with Gasteiger partial charge in [-0.15, -0.1) is 6.58 Å². The molecule has 34 heavy (non-hydrogen) atoms. The van der Waals surface area contributed by atoms with Gasteiger partial charge in [0.05, 0.1) is 0 Å². The van der Waals surface area contributed by atoms with Crippen molar-refractivity contribution in [3.05, 3.63) is 48.0 Å². The monoisotopic (exact) mass is 473 g/mol. The van der Waals surface area contributed by atoms with Gasteiger partial charge in [0.25, 0.3) is 0 Å². The van der Waals surface area contributed by atoms with Crippen molar-refractivity contribution in [2.75, 3.05) is 6.54 Å². The second-order valence-corrected chi connectivity index (χ2v) is 11.1. The van der Waals surface area contributed by atoms with Gasteiger partial charge < -0.3 is 20.3 Å². The van der Waals surface area contributed by atoms with Crippen molar-refractivity contribution in [2.45, 2.75) is 92.0 Å². The van der Waals surface area contributed by atoms with E-state index in [9.17, 15) is 14.4 Å². The van der Waals surface area contributed by atoms with Crippen LogP contribution < -0.4 is 10.6 Å². The molecule has 0 saturated carbocycles. The summed E-state index contributed by atoms with van der Waals surface area (Å²) in [6.07, 6.45) is 1.32. The van der Waals surface area contributed by atoms with E-state index in [1.807, 2.05) is 65.8 Å². The van der Waals surface area contributed by atoms with Crippen molar-refractivity contribution in [3.63, 3.8) is 0 Å². The molecule has 0 aromatic heterocycles. The molecular weight excluding hydrogens is 430 g/mol. The normalized spacial score (nSPS) is 13.6. The van der Waals surface area contributed by atoms with E-state index in [4.69, 9.17) is 4.74 Å². The molecule has 2 N–H and O–H groups in total. The predicted molar refractivity (Wildman–Crippen MR) is 136 cm³/mol. The van der Waals surface area contributed by atoms with Crippen molar-refractivity contribution in [1.29, 1.82) is 0 Å². The lowest BCUT2D eigenvalue weighted by atomic mass is 9.95. The molecule has 7 nitrogen and oxygen atoms in total. The first-order valence-electron chi connectivity index (χ1n) is 11.8. The second kappa shape index (κ2) is 12.0. The highest BCUT2D eigenvalue weighted by Crippen LogP contribution is 2.27. The number of amides is 3. The Bertz CT molecular complexity index is 865. The molecule has 1 rings (SSSR count). The topological polar surface area (TPSA) is 87.7 Å². The molecule has 2 unspecified atom stereocenters. The van der Waals surface area contributed by atoms with Gasteiger partial charge in [-0.2, -0.15) is 0 Å². The minimum atomic E-state index is -0.888. The first-order chi connectivity index (χ1) is 15.6. The Balaban J connectivity index is 3.48. The van der Waals surface area contributed by atoms with Crippen LogP contribution in [0.5, 0.6) is 0 Å². The number of hydrogen-bond donors (Lipinski definition) is 2. The number of carbonyl (C=O) groups is 3. The Morgan fingerprint density at radius 1 is 1.09 bits per heavy atom. The third kappa shape index (κ3) is 9.57. The quantitative estimate of drug-likeness (QED) is 0.499. The molecule has 0 spiro atoms. The van der Waals surface area contributed by atoms with Crippen LogP contribution in [-0.4, -0.2) is 46.5 Å². The standard InChI is InChI=1S/C27H43N3O4/c1-11-16-30(24(32)21(17-18(2)3)28-25(33)34-27(8,9)10)22(23(31)29-26(5,6)7)20-15-13-12-14-19(20)4/h11-15,18,21-22H,1,16-17H2,2-10H3,(H,28,33)(H,29,31). The van der Waals surface area contributed by atoms with E-state index in [0.717, 1.165) is 11.1 Å². The van der Waals surface area contributed by atoms with Gasteiger partial charge in [0, 0.05) is 12.1 Å². The number of alkyl carbamates (subject to hydrolysis) is 1. The van der Waals surface area contributed by atoms with Crippen LogP contribution >= 0.6 is 0 Å². The van der Waals surface area contributed by atoms with Crippen LogP contribution in [0, 0.1) is 12.8 Å². The van der Waals surface area contributed by atoms with Gasteiger partial charge in [-0.25, -0.2) is 4.79 Å². The van der Waals surface area contributed by atoms with E-state index in [2.05, 4.69) is 17.2 Å². The average Bonchev–Trinajstić information content (AvgIpc) is 2.64. The molecule has 1 aromatic rings. The Morgan fingerprint density at radius 3 is 2.15 bits per heavy atom. The maximum atomic E-state index is 13.9. The zero-order chi connectivity index (χ0) is 26.3. The second-order valence-electron chi connectivity index (χ2n) is 11.1.